The van der Waals surface area contributed by atoms with Gasteiger partial charge in [-0.25, -0.2) is 0 Å². The summed E-state index contributed by atoms with van der Waals surface area (Å²) in [5.74, 6) is -0.101. The number of aliphatic hydroxyl groups excluding tert-OH is 1. The molecule has 5 nitrogen and oxygen atoms in total. The molecule has 0 aromatic heterocycles. The highest BCUT2D eigenvalue weighted by molar-refractivity contribution is 7.85. The molecule has 2 aliphatic carbocycles. The predicted molar refractivity (Wildman–Crippen MR) is 72.4 cm³/mol. The van der Waals surface area contributed by atoms with Gasteiger partial charge in [-0.1, -0.05) is 20.8 Å². The SMILES string of the molecule is CC1(C)C2CC[C@@]1(CS(=O)(=O)O)C(=O)C2.CCCO. The molecule has 112 valence electrons. The van der Waals surface area contributed by atoms with Crippen LogP contribution in [0, 0.1) is 16.7 Å². The van der Waals surface area contributed by atoms with Crippen molar-refractivity contribution >= 4 is 15.9 Å². The van der Waals surface area contributed by atoms with Crippen LogP contribution in [0.4, 0.5) is 0 Å². The number of hydrogen-bond donors (Lipinski definition) is 2. The molecule has 0 spiro atoms. The third-order valence-electron chi connectivity index (χ3n) is 4.79. The molecular formula is C13H24O5S. The number of carbonyl (C=O) groups is 1. The summed E-state index contributed by atoms with van der Waals surface area (Å²) < 4.78 is 31.0. The second-order valence-electron chi connectivity index (χ2n) is 6.12. The van der Waals surface area contributed by atoms with Gasteiger partial charge in [-0.15, -0.1) is 0 Å². The lowest BCUT2D eigenvalue weighted by molar-refractivity contribution is -0.128. The number of ketones is 1. The van der Waals surface area contributed by atoms with E-state index in [2.05, 4.69) is 0 Å². The first-order valence-electron chi connectivity index (χ1n) is 6.70. The summed E-state index contributed by atoms with van der Waals surface area (Å²) in [7, 11) is -4.08. The summed E-state index contributed by atoms with van der Waals surface area (Å²) >= 11 is 0. The van der Waals surface area contributed by atoms with E-state index in [4.69, 9.17) is 9.66 Å². The summed E-state index contributed by atoms with van der Waals surface area (Å²) in [6.45, 7) is 6.14. The number of Topliss-reactive ketones (excluding diaryl/α,β-unsaturated/α-hetero) is 1. The molecule has 0 amide bonds. The molecule has 2 N–H and O–H groups in total. The van der Waals surface area contributed by atoms with Crippen LogP contribution < -0.4 is 0 Å². The normalized spacial score (nSPS) is 32.1. The molecule has 19 heavy (non-hydrogen) atoms. The smallest absolute Gasteiger partial charge is 0.265 e. The van der Waals surface area contributed by atoms with Gasteiger partial charge in [0.15, 0.2) is 0 Å². The molecule has 2 fully saturated rings. The molecule has 2 bridgehead atoms. The molecule has 2 aliphatic rings. The van der Waals surface area contributed by atoms with Gasteiger partial charge in [-0.05, 0) is 30.6 Å². The molecule has 0 heterocycles. The summed E-state index contributed by atoms with van der Waals surface area (Å²) in [4.78, 5) is 11.9. The Hall–Kier alpha value is -0.460. The molecule has 0 aliphatic heterocycles. The molecule has 2 atom stereocenters. The van der Waals surface area contributed by atoms with Crippen molar-refractivity contribution in [3.05, 3.63) is 0 Å². The summed E-state index contributed by atoms with van der Waals surface area (Å²) in [6, 6.07) is 0. The van der Waals surface area contributed by atoms with E-state index in [0.29, 0.717) is 19.4 Å². The first kappa shape index (κ1) is 16.6. The van der Waals surface area contributed by atoms with E-state index in [9.17, 15) is 13.2 Å². The highest BCUT2D eigenvalue weighted by Crippen LogP contribution is 2.64. The molecule has 0 radical (unpaired) electrons. The van der Waals surface area contributed by atoms with E-state index in [0.717, 1.165) is 12.8 Å². The van der Waals surface area contributed by atoms with Crippen LogP contribution in [0.1, 0.15) is 46.5 Å². The molecule has 2 saturated carbocycles. The van der Waals surface area contributed by atoms with Crippen molar-refractivity contribution in [1.82, 2.24) is 0 Å². The van der Waals surface area contributed by atoms with Gasteiger partial charge in [0.05, 0.1) is 11.2 Å². The Balaban J connectivity index is 0.000000399. The summed E-state index contributed by atoms with van der Waals surface area (Å²) in [5.41, 5.74) is -1.12. The van der Waals surface area contributed by atoms with Crippen molar-refractivity contribution < 1.29 is 22.9 Å². The van der Waals surface area contributed by atoms with Crippen LogP contribution in [0.15, 0.2) is 0 Å². The van der Waals surface area contributed by atoms with Crippen molar-refractivity contribution in [2.45, 2.75) is 46.5 Å². The van der Waals surface area contributed by atoms with Gasteiger partial charge in [0.1, 0.15) is 5.78 Å². The first-order valence-corrected chi connectivity index (χ1v) is 8.31. The molecule has 1 unspecified atom stereocenters. The number of aliphatic hydroxyl groups is 1. The van der Waals surface area contributed by atoms with Crippen molar-refractivity contribution in [3.63, 3.8) is 0 Å². The van der Waals surface area contributed by atoms with Gasteiger partial charge in [-0.3, -0.25) is 9.35 Å². The monoisotopic (exact) mass is 292 g/mol. The zero-order chi connectivity index (χ0) is 14.9. The maximum atomic E-state index is 11.9. The predicted octanol–water partition coefficient (Wildman–Crippen LogP) is 1.66. The standard InChI is InChI=1S/C10H16O4S.C3H8O/c1-9(2)7-3-4-10(9,8(11)5-7)6-15(12,13)14;1-2-3-4/h7H,3-6H2,1-2H3,(H,12,13,14);4H,2-3H2,1H3/t7?,10-;/m1./s1. The van der Waals surface area contributed by atoms with Gasteiger partial charge in [-0.2, -0.15) is 8.42 Å². The lowest BCUT2D eigenvalue weighted by Crippen LogP contribution is -2.42. The molecule has 0 saturated heterocycles. The third kappa shape index (κ3) is 3.01. The summed E-state index contributed by atoms with van der Waals surface area (Å²) in [5, 5.41) is 7.88. The second-order valence-corrected chi connectivity index (χ2v) is 7.57. The quantitative estimate of drug-likeness (QED) is 0.772. The average molecular weight is 292 g/mol. The highest BCUT2D eigenvalue weighted by atomic mass is 32.2. The van der Waals surface area contributed by atoms with Crippen molar-refractivity contribution in [1.29, 1.82) is 0 Å². The minimum atomic E-state index is -4.08. The fourth-order valence-electron chi connectivity index (χ4n) is 3.42. The van der Waals surface area contributed by atoms with Crippen molar-refractivity contribution in [3.8, 4) is 0 Å². The van der Waals surface area contributed by atoms with Crippen LogP contribution in [0.2, 0.25) is 0 Å². The van der Waals surface area contributed by atoms with Crippen LogP contribution in [0.3, 0.4) is 0 Å². The molecule has 6 heteroatoms. The van der Waals surface area contributed by atoms with E-state index in [1.54, 1.807) is 0 Å². The van der Waals surface area contributed by atoms with Crippen LogP contribution >= 0.6 is 0 Å². The fourth-order valence-corrected chi connectivity index (χ4v) is 4.72. The van der Waals surface area contributed by atoms with E-state index >= 15 is 0 Å². The van der Waals surface area contributed by atoms with Crippen LogP contribution in [0.25, 0.3) is 0 Å². The Morgan fingerprint density at radius 3 is 2.16 bits per heavy atom. The summed E-state index contributed by atoms with van der Waals surface area (Å²) in [6.07, 6.45) is 2.85. The number of carbonyl (C=O) groups excluding carboxylic acids is 1. The van der Waals surface area contributed by atoms with Crippen molar-refractivity contribution in [2.75, 3.05) is 12.4 Å². The van der Waals surface area contributed by atoms with Gasteiger partial charge >= 0.3 is 0 Å². The largest absolute Gasteiger partial charge is 0.396 e. The molecular weight excluding hydrogens is 268 g/mol. The topological polar surface area (TPSA) is 91.7 Å². The zero-order valence-corrected chi connectivity index (χ0v) is 12.7. The van der Waals surface area contributed by atoms with Crippen LogP contribution in [0.5, 0.6) is 0 Å². The fraction of sp³-hybridized carbons (Fsp3) is 0.923. The molecule has 0 aromatic carbocycles. The van der Waals surface area contributed by atoms with Gasteiger partial charge in [0, 0.05) is 13.0 Å². The minimum Gasteiger partial charge on any atom is -0.396 e. The van der Waals surface area contributed by atoms with Gasteiger partial charge in [0.2, 0.25) is 0 Å². The molecule has 2 rings (SSSR count). The number of hydrogen-bond acceptors (Lipinski definition) is 4. The number of fused-ring (bicyclic) bond motifs is 2. The van der Waals surface area contributed by atoms with E-state index in [-0.39, 0.29) is 17.1 Å². The Kier molecular flexibility index (Phi) is 4.80. The van der Waals surface area contributed by atoms with Gasteiger partial charge < -0.3 is 5.11 Å². The van der Waals surface area contributed by atoms with E-state index < -0.39 is 21.3 Å². The lowest BCUT2D eigenvalue weighted by Gasteiger charge is -2.35. The van der Waals surface area contributed by atoms with E-state index in [1.165, 1.54) is 0 Å². The van der Waals surface area contributed by atoms with Gasteiger partial charge in [0.25, 0.3) is 10.1 Å². The Bertz CT molecular complexity index is 438. The Labute approximate surface area is 115 Å². The number of rotatable bonds is 3. The van der Waals surface area contributed by atoms with Crippen molar-refractivity contribution in [2.24, 2.45) is 16.7 Å². The van der Waals surface area contributed by atoms with Crippen LogP contribution in [-0.4, -0.2) is 36.2 Å². The lowest BCUT2D eigenvalue weighted by atomic mass is 9.70. The van der Waals surface area contributed by atoms with Crippen LogP contribution in [-0.2, 0) is 14.9 Å². The second kappa shape index (κ2) is 5.50. The molecule has 0 aromatic rings. The Morgan fingerprint density at radius 2 is 1.89 bits per heavy atom. The highest BCUT2D eigenvalue weighted by Gasteiger charge is 2.65. The average Bonchev–Trinajstić information content (AvgIpc) is 2.61. The maximum Gasteiger partial charge on any atom is 0.265 e. The third-order valence-corrected chi connectivity index (χ3v) is 5.65. The maximum absolute atomic E-state index is 11.9. The first-order chi connectivity index (χ1) is 8.60. The Morgan fingerprint density at radius 1 is 1.37 bits per heavy atom. The van der Waals surface area contributed by atoms with E-state index in [1.807, 2.05) is 20.8 Å². The zero-order valence-electron chi connectivity index (χ0n) is 11.8. The minimum absolute atomic E-state index is 0.0152.